The average molecular weight is 510 g/mol. The van der Waals surface area contributed by atoms with Crippen LogP contribution in [0.4, 0.5) is 0 Å². The minimum absolute atomic E-state index is 0.0780. The fourth-order valence-electron chi connectivity index (χ4n) is 4.33. The molecule has 0 atom stereocenters. The Morgan fingerprint density at radius 1 is 1.18 bits per heavy atom. The molecule has 2 amide bonds. The molecular formula is C25H28BrN5O2. The van der Waals surface area contributed by atoms with Gasteiger partial charge in [-0.3, -0.25) is 24.9 Å². The molecule has 2 fully saturated rings. The second kappa shape index (κ2) is 9.87. The smallest absolute Gasteiger partial charge is 0.261 e. The number of piperidine rings is 1. The van der Waals surface area contributed by atoms with Crippen LogP contribution in [0, 0.1) is 11.3 Å². The van der Waals surface area contributed by atoms with Gasteiger partial charge < -0.3 is 10.6 Å². The molecule has 1 aliphatic heterocycles. The van der Waals surface area contributed by atoms with E-state index in [1.54, 1.807) is 19.3 Å². The normalized spacial score (nSPS) is 15.8. The van der Waals surface area contributed by atoms with Crippen molar-refractivity contribution < 1.29 is 9.59 Å². The van der Waals surface area contributed by atoms with Gasteiger partial charge in [0.15, 0.2) is 5.96 Å². The van der Waals surface area contributed by atoms with E-state index in [-0.39, 0.29) is 23.7 Å². The number of hydrogen-bond acceptors (Lipinski definition) is 4. The molecule has 4 rings (SSSR count). The van der Waals surface area contributed by atoms with E-state index in [9.17, 15) is 9.59 Å². The lowest BCUT2D eigenvalue weighted by molar-refractivity contribution is -0.130. The first-order chi connectivity index (χ1) is 15.8. The zero-order chi connectivity index (χ0) is 23.5. The van der Waals surface area contributed by atoms with Crippen LogP contribution in [-0.4, -0.2) is 52.2 Å². The second-order valence-electron chi connectivity index (χ2n) is 8.70. The Morgan fingerprint density at radius 3 is 2.52 bits per heavy atom. The highest BCUT2D eigenvalue weighted by molar-refractivity contribution is 9.10. The van der Waals surface area contributed by atoms with Crippen LogP contribution in [0.3, 0.4) is 0 Å². The zero-order valence-electron chi connectivity index (χ0n) is 18.7. The van der Waals surface area contributed by atoms with Gasteiger partial charge in [-0.2, -0.15) is 0 Å². The van der Waals surface area contributed by atoms with E-state index in [1.165, 1.54) is 4.90 Å². The van der Waals surface area contributed by atoms with E-state index >= 15 is 0 Å². The van der Waals surface area contributed by atoms with Gasteiger partial charge >= 0.3 is 0 Å². The molecule has 172 valence electrons. The van der Waals surface area contributed by atoms with Gasteiger partial charge in [0.2, 0.25) is 5.91 Å². The summed E-state index contributed by atoms with van der Waals surface area (Å²) >= 11 is 3.47. The third-order valence-electron chi connectivity index (χ3n) is 6.29. The summed E-state index contributed by atoms with van der Waals surface area (Å²) in [6, 6.07) is 9.88. The molecule has 2 aromatic rings. The zero-order valence-corrected chi connectivity index (χ0v) is 20.3. The summed E-state index contributed by atoms with van der Waals surface area (Å²) in [6.07, 6.45) is 6.89. The highest BCUT2D eigenvalue weighted by Crippen LogP contribution is 2.38. The van der Waals surface area contributed by atoms with Crippen molar-refractivity contribution in [1.29, 1.82) is 5.41 Å². The lowest BCUT2D eigenvalue weighted by atomic mass is 9.94. The summed E-state index contributed by atoms with van der Waals surface area (Å²) < 4.78 is 0.890. The van der Waals surface area contributed by atoms with Crippen LogP contribution in [0.5, 0.6) is 0 Å². The summed E-state index contributed by atoms with van der Waals surface area (Å²) in [7, 11) is 0. The SMILES string of the molecule is CC(=O)N1CCC(CN(C(=N)N)C(=O)C(=C2CC2)c2cccc(-c3cncc(Br)c3)c2)CC1. The number of amides is 2. The molecule has 1 aromatic heterocycles. The average Bonchev–Trinajstić information content (AvgIpc) is 3.63. The van der Waals surface area contributed by atoms with E-state index in [1.807, 2.05) is 35.2 Å². The number of likely N-dealkylation sites (tertiary alicyclic amines) is 1. The van der Waals surface area contributed by atoms with Crippen LogP contribution in [0.25, 0.3) is 16.7 Å². The molecule has 8 heteroatoms. The van der Waals surface area contributed by atoms with Gasteiger partial charge in [-0.15, -0.1) is 0 Å². The summed E-state index contributed by atoms with van der Waals surface area (Å²) in [5.41, 5.74) is 10.4. The van der Waals surface area contributed by atoms with Crippen molar-refractivity contribution in [3.8, 4) is 11.1 Å². The molecule has 1 aromatic carbocycles. The number of carbonyl (C=O) groups excluding carboxylic acids is 2. The van der Waals surface area contributed by atoms with E-state index in [4.69, 9.17) is 11.1 Å². The number of hydrogen-bond donors (Lipinski definition) is 2. The number of carbonyl (C=O) groups is 2. The topological polar surface area (TPSA) is 103 Å². The quantitative estimate of drug-likeness (QED) is 0.360. The number of allylic oxidation sites excluding steroid dienone is 1. The molecule has 0 unspecified atom stereocenters. The molecule has 33 heavy (non-hydrogen) atoms. The van der Waals surface area contributed by atoms with E-state index in [0.29, 0.717) is 25.2 Å². The van der Waals surface area contributed by atoms with E-state index < -0.39 is 0 Å². The number of benzene rings is 1. The van der Waals surface area contributed by atoms with Crippen LogP contribution in [-0.2, 0) is 9.59 Å². The van der Waals surface area contributed by atoms with Gasteiger partial charge in [0.1, 0.15) is 0 Å². The van der Waals surface area contributed by atoms with Crippen molar-refractivity contribution in [3.63, 3.8) is 0 Å². The lowest BCUT2D eigenvalue weighted by Gasteiger charge is -2.34. The Labute approximate surface area is 202 Å². The molecule has 1 saturated heterocycles. The summed E-state index contributed by atoms with van der Waals surface area (Å²) in [5, 5.41) is 8.11. The molecule has 1 aliphatic carbocycles. The minimum Gasteiger partial charge on any atom is -0.370 e. The van der Waals surface area contributed by atoms with Crippen molar-refractivity contribution in [1.82, 2.24) is 14.8 Å². The van der Waals surface area contributed by atoms with Crippen LogP contribution < -0.4 is 5.73 Å². The number of guanidine groups is 1. The van der Waals surface area contributed by atoms with Crippen LogP contribution in [0.2, 0.25) is 0 Å². The summed E-state index contributed by atoms with van der Waals surface area (Å²) in [4.78, 5) is 32.8. The van der Waals surface area contributed by atoms with Crippen molar-refractivity contribution in [3.05, 3.63) is 58.3 Å². The largest absolute Gasteiger partial charge is 0.370 e. The number of halogens is 1. The third-order valence-corrected chi connectivity index (χ3v) is 6.73. The fraction of sp³-hybridized carbons (Fsp3) is 0.360. The number of nitrogens with one attached hydrogen (secondary N) is 1. The van der Waals surface area contributed by atoms with E-state index in [0.717, 1.165) is 52.4 Å². The van der Waals surface area contributed by atoms with Gasteiger partial charge in [0.25, 0.3) is 5.91 Å². The fourth-order valence-corrected chi connectivity index (χ4v) is 4.69. The number of nitrogens with zero attached hydrogens (tertiary/aromatic N) is 3. The maximum absolute atomic E-state index is 13.7. The molecule has 7 nitrogen and oxygen atoms in total. The lowest BCUT2D eigenvalue weighted by Crippen LogP contribution is -2.47. The molecule has 1 saturated carbocycles. The predicted molar refractivity (Wildman–Crippen MR) is 132 cm³/mol. The molecule has 0 bridgehead atoms. The van der Waals surface area contributed by atoms with Gasteiger partial charge in [0.05, 0.1) is 0 Å². The highest BCUT2D eigenvalue weighted by atomic mass is 79.9. The molecule has 2 aliphatic rings. The second-order valence-corrected chi connectivity index (χ2v) is 9.62. The first kappa shape index (κ1) is 23.2. The monoisotopic (exact) mass is 509 g/mol. The summed E-state index contributed by atoms with van der Waals surface area (Å²) in [5.74, 6) is -0.166. The summed E-state index contributed by atoms with van der Waals surface area (Å²) in [6.45, 7) is 3.33. The predicted octanol–water partition coefficient (Wildman–Crippen LogP) is 4.04. The van der Waals surface area contributed by atoms with Gasteiger partial charge in [-0.25, -0.2) is 0 Å². The standard InChI is InChI=1S/C25H28BrN5O2/c1-16(32)30-9-7-17(8-10-30)15-31(25(27)28)24(33)23(18-5-6-18)20-4-2-3-19(11-20)21-12-22(26)14-29-13-21/h2-4,11-14,17H,5-10,15H2,1H3,(H3,27,28). The van der Waals surface area contributed by atoms with Crippen molar-refractivity contribution in [2.75, 3.05) is 19.6 Å². The van der Waals surface area contributed by atoms with Crippen molar-refractivity contribution in [2.45, 2.75) is 32.6 Å². The Kier molecular flexibility index (Phi) is 6.93. The molecule has 3 N–H and O–H groups in total. The van der Waals surface area contributed by atoms with Gasteiger partial charge in [0, 0.05) is 54.6 Å². The van der Waals surface area contributed by atoms with Crippen LogP contribution in [0.15, 0.2) is 52.8 Å². The molecule has 0 radical (unpaired) electrons. The first-order valence-corrected chi connectivity index (χ1v) is 12.0. The van der Waals surface area contributed by atoms with E-state index in [2.05, 4.69) is 20.9 Å². The Bertz CT molecular complexity index is 1120. The van der Waals surface area contributed by atoms with Crippen molar-refractivity contribution in [2.24, 2.45) is 11.7 Å². The molecule has 2 heterocycles. The van der Waals surface area contributed by atoms with Gasteiger partial charge in [-0.1, -0.05) is 23.8 Å². The van der Waals surface area contributed by atoms with Gasteiger partial charge in [-0.05, 0) is 70.8 Å². The minimum atomic E-state index is -0.236. The Hall–Kier alpha value is -3.00. The number of rotatable bonds is 5. The Morgan fingerprint density at radius 2 is 1.91 bits per heavy atom. The maximum Gasteiger partial charge on any atom is 0.261 e. The van der Waals surface area contributed by atoms with Crippen molar-refractivity contribution >= 4 is 39.3 Å². The third kappa shape index (κ3) is 5.50. The number of nitrogens with two attached hydrogens (primary N) is 1. The first-order valence-electron chi connectivity index (χ1n) is 11.2. The number of aromatic nitrogens is 1. The highest BCUT2D eigenvalue weighted by Gasteiger charge is 2.32. The molecule has 0 spiro atoms. The Balaban J connectivity index is 1.57. The number of pyridine rings is 1. The van der Waals surface area contributed by atoms with Crippen LogP contribution >= 0.6 is 15.9 Å². The van der Waals surface area contributed by atoms with Crippen LogP contribution in [0.1, 0.15) is 38.2 Å². The maximum atomic E-state index is 13.7. The molecular weight excluding hydrogens is 482 g/mol.